The monoisotopic (exact) mass is 531 g/mol. The number of hydrogen-bond donors (Lipinski definition) is 0. The number of rotatable bonds is 9. The number of nitrogens with zero attached hydrogens (tertiary/aromatic N) is 5. The van der Waals surface area contributed by atoms with E-state index in [0.717, 1.165) is 88.6 Å². The summed E-state index contributed by atoms with van der Waals surface area (Å²) in [5.74, 6) is 2.62. The highest BCUT2D eigenvalue weighted by Crippen LogP contribution is 2.32. The van der Waals surface area contributed by atoms with Gasteiger partial charge >= 0.3 is 0 Å². The van der Waals surface area contributed by atoms with Crippen LogP contribution in [-0.4, -0.2) is 65.9 Å². The first-order chi connectivity index (χ1) is 19.1. The fraction of sp³-hybridized carbons (Fsp3) is 0.548. The van der Waals surface area contributed by atoms with Gasteiger partial charge in [0, 0.05) is 44.4 Å². The van der Waals surface area contributed by atoms with Crippen molar-refractivity contribution in [3.8, 4) is 5.75 Å². The van der Waals surface area contributed by atoms with Crippen molar-refractivity contribution in [1.82, 2.24) is 14.9 Å². The summed E-state index contributed by atoms with van der Waals surface area (Å²) in [6.45, 7) is 8.63. The highest BCUT2D eigenvalue weighted by atomic mass is 16.6. The summed E-state index contributed by atoms with van der Waals surface area (Å²) in [7, 11) is 0. The summed E-state index contributed by atoms with van der Waals surface area (Å²) in [5.41, 5.74) is 4.69. The molecule has 1 amide bonds. The normalized spacial score (nSPS) is 21.2. The average Bonchev–Trinajstić information content (AvgIpc) is 3.48. The Hall–Kier alpha value is -3.42. The van der Waals surface area contributed by atoms with Gasteiger partial charge in [-0.3, -0.25) is 4.79 Å². The van der Waals surface area contributed by atoms with Gasteiger partial charge in [-0.05, 0) is 80.2 Å². The van der Waals surface area contributed by atoms with Crippen LogP contribution in [0, 0.1) is 11.8 Å². The Morgan fingerprint density at radius 3 is 2.46 bits per heavy atom. The van der Waals surface area contributed by atoms with E-state index in [1.165, 1.54) is 16.7 Å². The molecule has 0 bridgehead atoms. The molecule has 1 aromatic heterocycles. The van der Waals surface area contributed by atoms with E-state index >= 15 is 0 Å². The number of carbonyl (C=O) groups excluding carboxylic acids is 1. The van der Waals surface area contributed by atoms with Gasteiger partial charge in [-0.25, -0.2) is 9.97 Å². The molecule has 1 atom stereocenters. The zero-order valence-electron chi connectivity index (χ0n) is 23.3. The molecule has 0 radical (unpaired) electrons. The van der Waals surface area contributed by atoms with E-state index in [0.29, 0.717) is 19.1 Å². The van der Waals surface area contributed by atoms with E-state index < -0.39 is 0 Å². The molecule has 1 unspecified atom stereocenters. The molecule has 1 aromatic carbocycles. The number of anilines is 1. The van der Waals surface area contributed by atoms with Gasteiger partial charge in [-0.1, -0.05) is 30.3 Å². The quantitative estimate of drug-likeness (QED) is 0.417. The van der Waals surface area contributed by atoms with Gasteiger partial charge in [-0.2, -0.15) is 0 Å². The minimum Gasteiger partial charge on any atom is -0.493 e. The van der Waals surface area contributed by atoms with Crippen LogP contribution in [0.25, 0.3) is 5.57 Å². The molecule has 2 fully saturated rings. The largest absolute Gasteiger partial charge is 0.493 e. The highest BCUT2D eigenvalue weighted by Gasteiger charge is 2.30. The van der Waals surface area contributed by atoms with Crippen molar-refractivity contribution in [2.45, 2.75) is 58.8 Å². The molecule has 8 nitrogen and oxygen atoms in total. The average molecular weight is 532 g/mol. The summed E-state index contributed by atoms with van der Waals surface area (Å²) in [6.07, 6.45) is 12.7. The number of ether oxygens (including phenoxy) is 1. The van der Waals surface area contributed by atoms with Crippen LogP contribution in [0.1, 0.15) is 63.5 Å². The molecule has 2 aromatic rings. The van der Waals surface area contributed by atoms with E-state index in [2.05, 4.69) is 57.3 Å². The Balaban J connectivity index is 1.05. The molecule has 3 heterocycles. The number of allylic oxidation sites excluding steroid dienone is 2. The number of piperidine rings is 1. The molecule has 39 heavy (non-hydrogen) atoms. The summed E-state index contributed by atoms with van der Waals surface area (Å²) >= 11 is 0. The Morgan fingerprint density at radius 1 is 1.03 bits per heavy atom. The smallest absolute Gasteiger partial charge is 0.226 e. The molecule has 5 rings (SSSR count). The van der Waals surface area contributed by atoms with Crippen LogP contribution in [0.3, 0.4) is 0 Å². The van der Waals surface area contributed by atoms with Gasteiger partial charge in [0.05, 0.1) is 18.9 Å². The fourth-order valence-corrected chi connectivity index (χ4v) is 5.61. The first-order valence-electron chi connectivity index (χ1n) is 14.6. The number of aromatic nitrogens is 2. The molecule has 0 N–H and O–H groups in total. The van der Waals surface area contributed by atoms with Gasteiger partial charge in [0.2, 0.25) is 11.9 Å². The van der Waals surface area contributed by atoms with E-state index in [-0.39, 0.29) is 11.8 Å². The molecular weight excluding hydrogens is 490 g/mol. The molecule has 208 valence electrons. The van der Waals surface area contributed by atoms with Gasteiger partial charge in [0.1, 0.15) is 12.4 Å². The zero-order valence-corrected chi connectivity index (χ0v) is 23.3. The van der Waals surface area contributed by atoms with Gasteiger partial charge in [0.25, 0.3) is 0 Å². The molecule has 0 saturated carbocycles. The van der Waals surface area contributed by atoms with E-state index in [1.54, 1.807) is 0 Å². The van der Waals surface area contributed by atoms with Crippen molar-refractivity contribution >= 4 is 23.1 Å². The van der Waals surface area contributed by atoms with Crippen LogP contribution >= 0.6 is 0 Å². The van der Waals surface area contributed by atoms with Crippen molar-refractivity contribution in [1.29, 1.82) is 0 Å². The standard InChI is InChI=1S/C31H41N5O3/c1-3-23-19-32-31(33-20-23)35-16-13-24(14-17-35)22-38-29-11-9-26(10-12-29)25-5-7-27(8-6-25)30(37)36-18-15-28(21-36)34-39-4-2/h5,9-12,19-20,24,27H,3-4,6-8,13-18,21-22H2,1-2H3. The van der Waals surface area contributed by atoms with Gasteiger partial charge in [-0.15, -0.1) is 0 Å². The number of oxime groups is 1. The lowest BCUT2D eigenvalue weighted by Gasteiger charge is -2.31. The molecule has 8 heteroatoms. The molecule has 2 saturated heterocycles. The third kappa shape index (κ3) is 6.97. The van der Waals surface area contributed by atoms with Gasteiger partial charge < -0.3 is 19.4 Å². The first-order valence-corrected chi connectivity index (χ1v) is 14.6. The van der Waals surface area contributed by atoms with Crippen LogP contribution in [0.5, 0.6) is 5.75 Å². The number of aryl methyl sites for hydroxylation is 1. The van der Waals surface area contributed by atoms with Crippen LogP contribution in [-0.2, 0) is 16.1 Å². The number of carbonyl (C=O) groups is 1. The number of hydrogen-bond acceptors (Lipinski definition) is 7. The maximum absolute atomic E-state index is 13.0. The summed E-state index contributed by atoms with van der Waals surface area (Å²) < 4.78 is 6.16. The molecule has 2 aliphatic heterocycles. The van der Waals surface area contributed by atoms with Gasteiger partial charge in [0.15, 0.2) is 0 Å². The Labute approximate surface area is 232 Å². The lowest BCUT2D eigenvalue weighted by molar-refractivity contribution is -0.134. The second-order valence-electron chi connectivity index (χ2n) is 10.8. The van der Waals surface area contributed by atoms with Crippen LogP contribution in [0.15, 0.2) is 47.9 Å². The molecule has 3 aliphatic rings. The van der Waals surface area contributed by atoms with Crippen molar-refractivity contribution < 1.29 is 14.4 Å². The molecule has 1 aliphatic carbocycles. The van der Waals surface area contributed by atoms with E-state index in [4.69, 9.17) is 9.57 Å². The third-order valence-corrected chi connectivity index (χ3v) is 8.15. The number of amides is 1. The summed E-state index contributed by atoms with van der Waals surface area (Å²) in [5, 5.41) is 4.13. The van der Waals surface area contributed by atoms with Crippen LogP contribution in [0.2, 0.25) is 0 Å². The minimum absolute atomic E-state index is 0.0662. The highest BCUT2D eigenvalue weighted by molar-refractivity contribution is 5.93. The third-order valence-electron chi connectivity index (χ3n) is 8.15. The Morgan fingerprint density at radius 2 is 1.79 bits per heavy atom. The minimum atomic E-state index is 0.0662. The Kier molecular flexibility index (Phi) is 9.12. The van der Waals surface area contributed by atoms with Crippen molar-refractivity contribution in [3.63, 3.8) is 0 Å². The van der Waals surface area contributed by atoms with Crippen molar-refractivity contribution in [2.24, 2.45) is 17.0 Å². The Bertz CT molecular complexity index is 1150. The molecular formula is C31H41N5O3. The predicted molar refractivity (Wildman–Crippen MR) is 154 cm³/mol. The van der Waals surface area contributed by atoms with E-state index in [9.17, 15) is 4.79 Å². The fourth-order valence-electron chi connectivity index (χ4n) is 5.61. The van der Waals surface area contributed by atoms with Crippen LogP contribution in [0.4, 0.5) is 5.95 Å². The summed E-state index contributed by atoms with van der Waals surface area (Å²) in [6, 6.07) is 8.46. The van der Waals surface area contributed by atoms with Crippen molar-refractivity contribution in [2.75, 3.05) is 44.3 Å². The summed E-state index contributed by atoms with van der Waals surface area (Å²) in [4.78, 5) is 31.4. The predicted octanol–water partition coefficient (Wildman–Crippen LogP) is 5.14. The lowest BCUT2D eigenvalue weighted by atomic mass is 9.86. The van der Waals surface area contributed by atoms with E-state index in [1.807, 2.05) is 24.2 Å². The zero-order chi connectivity index (χ0) is 27.0. The second kappa shape index (κ2) is 13.1. The maximum Gasteiger partial charge on any atom is 0.226 e. The van der Waals surface area contributed by atoms with Crippen molar-refractivity contribution in [3.05, 3.63) is 53.9 Å². The lowest BCUT2D eigenvalue weighted by Crippen LogP contribution is -2.36. The number of benzene rings is 1. The maximum atomic E-state index is 13.0. The topological polar surface area (TPSA) is 80.1 Å². The first kappa shape index (κ1) is 27.2. The second-order valence-corrected chi connectivity index (χ2v) is 10.8. The van der Waals surface area contributed by atoms with Crippen LogP contribution < -0.4 is 9.64 Å². The molecule has 0 spiro atoms. The SMILES string of the molecule is CCON=C1CCN(C(=O)C2CC=C(c3ccc(OCC4CCN(c5ncc(CC)cn5)CC4)cc3)CC2)C1. The number of likely N-dealkylation sites (tertiary alicyclic amines) is 1.